The number of ether oxygens (including phenoxy) is 1. The fraction of sp³-hybridized carbons (Fsp3) is 1.00. The zero-order valence-electron chi connectivity index (χ0n) is 6.07. The van der Waals surface area contributed by atoms with Crippen molar-refractivity contribution in [3.05, 3.63) is 0 Å². The van der Waals surface area contributed by atoms with E-state index in [2.05, 4.69) is 0 Å². The SMILES string of the molecule is C[C@@H]1C[C@H](O)[C@@H](O)[C@](O)(Cl)O1. The van der Waals surface area contributed by atoms with Crippen LogP contribution < -0.4 is 0 Å². The van der Waals surface area contributed by atoms with Crippen LogP contribution in [0, 0.1) is 0 Å². The van der Waals surface area contributed by atoms with E-state index in [1.54, 1.807) is 6.92 Å². The van der Waals surface area contributed by atoms with Gasteiger partial charge in [0.25, 0.3) is 5.25 Å². The van der Waals surface area contributed by atoms with Gasteiger partial charge >= 0.3 is 0 Å². The summed E-state index contributed by atoms with van der Waals surface area (Å²) in [5.74, 6) is 0. The van der Waals surface area contributed by atoms with Gasteiger partial charge in [-0.2, -0.15) is 0 Å². The first-order valence-electron chi connectivity index (χ1n) is 3.38. The zero-order chi connectivity index (χ0) is 8.65. The molecule has 1 saturated heterocycles. The third kappa shape index (κ3) is 1.83. The number of hydrogen-bond donors (Lipinski definition) is 3. The molecule has 1 fully saturated rings. The average Bonchev–Trinajstić information content (AvgIpc) is 1.81. The second-order valence-electron chi connectivity index (χ2n) is 2.79. The lowest BCUT2D eigenvalue weighted by molar-refractivity contribution is -0.271. The van der Waals surface area contributed by atoms with Gasteiger partial charge in [-0.05, 0) is 6.92 Å². The van der Waals surface area contributed by atoms with E-state index >= 15 is 0 Å². The minimum absolute atomic E-state index is 0.274. The van der Waals surface area contributed by atoms with Crippen LogP contribution in [0.4, 0.5) is 0 Å². The molecule has 1 rings (SSSR count). The van der Waals surface area contributed by atoms with E-state index in [-0.39, 0.29) is 12.5 Å². The first kappa shape index (κ1) is 9.22. The van der Waals surface area contributed by atoms with E-state index in [4.69, 9.17) is 31.7 Å². The maximum absolute atomic E-state index is 9.12. The van der Waals surface area contributed by atoms with Crippen molar-refractivity contribution in [1.82, 2.24) is 0 Å². The Balaban J connectivity index is 2.67. The van der Waals surface area contributed by atoms with Crippen molar-refractivity contribution in [1.29, 1.82) is 0 Å². The van der Waals surface area contributed by atoms with Gasteiger partial charge in [0, 0.05) is 6.42 Å². The van der Waals surface area contributed by atoms with E-state index in [1.165, 1.54) is 0 Å². The molecule has 0 radical (unpaired) electrons. The molecular formula is C6H11ClO4. The monoisotopic (exact) mass is 182 g/mol. The lowest BCUT2D eigenvalue weighted by Gasteiger charge is -2.37. The highest BCUT2D eigenvalue weighted by molar-refractivity contribution is 6.22. The first-order chi connectivity index (χ1) is 4.93. The summed E-state index contributed by atoms with van der Waals surface area (Å²) in [6.07, 6.45) is -2.55. The van der Waals surface area contributed by atoms with Gasteiger partial charge in [-0.1, -0.05) is 11.6 Å². The van der Waals surface area contributed by atoms with Gasteiger partial charge in [0.05, 0.1) is 12.2 Å². The number of rotatable bonds is 0. The Hall–Kier alpha value is 0.130. The minimum Gasteiger partial charge on any atom is -0.390 e. The quantitative estimate of drug-likeness (QED) is 0.438. The van der Waals surface area contributed by atoms with Crippen molar-refractivity contribution in [3.8, 4) is 0 Å². The molecule has 0 aromatic carbocycles. The lowest BCUT2D eigenvalue weighted by atomic mass is 10.0. The van der Waals surface area contributed by atoms with Crippen LogP contribution in [-0.4, -0.2) is 38.9 Å². The summed E-state index contributed by atoms with van der Waals surface area (Å²) in [6, 6.07) is 0. The first-order valence-corrected chi connectivity index (χ1v) is 3.76. The molecule has 0 saturated carbocycles. The molecule has 66 valence electrons. The second-order valence-corrected chi connectivity index (χ2v) is 3.33. The number of hydrogen-bond acceptors (Lipinski definition) is 4. The molecule has 1 heterocycles. The van der Waals surface area contributed by atoms with Crippen molar-refractivity contribution in [2.75, 3.05) is 0 Å². The van der Waals surface area contributed by atoms with Crippen LogP contribution in [-0.2, 0) is 4.74 Å². The summed E-state index contributed by atoms with van der Waals surface area (Å²) in [4.78, 5) is 0. The van der Waals surface area contributed by atoms with Crippen molar-refractivity contribution in [3.63, 3.8) is 0 Å². The third-order valence-electron chi connectivity index (χ3n) is 1.67. The molecule has 0 bridgehead atoms. The Kier molecular flexibility index (Phi) is 2.41. The minimum atomic E-state index is -2.14. The molecular weight excluding hydrogens is 172 g/mol. The molecule has 0 spiro atoms. The Morgan fingerprint density at radius 1 is 1.55 bits per heavy atom. The standard InChI is InChI=1S/C6H11ClO4/c1-3-2-4(8)5(9)6(7,10)11-3/h3-5,8-10H,2H2,1H3/t3-,4+,5-,6-/m1/s1. The van der Waals surface area contributed by atoms with Crippen LogP contribution in [0.5, 0.6) is 0 Å². The molecule has 0 aromatic heterocycles. The van der Waals surface area contributed by atoms with Gasteiger partial charge < -0.3 is 20.1 Å². The highest BCUT2D eigenvalue weighted by Crippen LogP contribution is 2.30. The Labute approximate surface area is 69.4 Å². The van der Waals surface area contributed by atoms with Gasteiger partial charge in [-0.25, -0.2) is 0 Å². The Morgan fingerprint density at radius 2 is 2.09 bits per heavy atom. The number of aliphatic hydroxyl groups is 3. The molecule has 4 atom stereocenters. The van der Waals surface area contributed by atoms with E-state index < -0.39 is 17.5 Å². The normalized spacial score (nSPS) is 52.6. The van der Waals surface area contributed by atoms with Gasteiger partial charge in [0.15, 0.2) is 0 Å². The van der Waals surface area contributed by atoms with E-state index in [0.717, 1.165) is 0 Å². The van der Waals surface area contributed by atoms with Gasteiger partial charge in [-0.15, -0.1) is 0 Å². The Morgan fingerprint density at radius 3 is 2.55 bits per heavy atom. The molecule has 0 aliphatic carbocycles. The molecule has 1 aliphatic heterocycles. The van der Waals surface area contributed by atoms with Crippen molar-refractivity contribution < 1.29 is 20.1 Å². The fourth-order valence-electron chi connectivity index (χ4n) is 1.11. The molecule has 3 N–H and O–H groups in total. The maximum Gasteiger partial charge on any atom is 0.275 e. The smallest absolute Gasteiger partial charge is 0.275 e. The van der Waals surface area contributed by atoms with Crippen molar-refractivity contribution >= 4 is 11.6 Å². The lowest BCUT2D eigenvalue weighted by Crippen LogP contribution is -2.53. The third-order valence-corrected chi connectivity index (χ3v) is 1.98. The number of halogens is 1. The molecule has 0 amide bonds. The average molecular weight is 183 g/mol. The molecule has 5 heteroatoms. The highest BCUT2D eigenvalue weighted by Gasteiger charge is 2.45. The highest BCUT2D eigenvalue weighted by atomic mass is 35.5. The predicted molar refractivity (Wildman–Crippen MR) is 38.0 cm³/mol. The zero-order valence-corrected chi connectivity index (χ0v) is 6.82. The number of aliphatic hydroxyl groups excluding tert-OH is 2. The van der Waals surface area contributed by atoms with E-state index in [9.17, 15) is 0 Å². The summed E-state index contributed by atoms with van der Waals surface area (Å²) in [5.41, 5.74) is 0. The van der Waals surface area contributed by atoms with Crippen LogP contribution >= 0.6 is 11.6 Å². The number of alkyl halides is 1. The second kappa shape index (κ2) is 2.88. The molecule has 11 heavy (non-hydrogen) atoms. The van der Waals surface area contributed by atoms with Crippen LogP contribution in [0.25, 0.3) is 0 Å². The summed E-state index contributed by atoms with van der Waals surface area (Å²) in [6.45, 7) is 1.66. The van der Waals surface area contributed by atoms with Crippen molar-refractivity contribution in [2.24, 2.45) is 0 Å². The molecule has 0 unspecified atom stereocenters. The fourth-order valence-corrected chi connectivity index (χ4v) is 1.40. The summed E-state index contributed by atoms with van der Waals surface area (Å²) >= 11 is 5.34. The van der Waals surface area contributed by atoms with Gasteiger partial charge in [-0.3, -0.25) is 0 Å². The molecule has 4 nitrogen and oxygen atoms in total. The maximum atomic E-state index is 9.12. The van der Waals surface area contributed by atoms with Crippen LogP contribution in [0.3, 0.4) is 0 Å². The topological polar surface area (TPSA) is 69.9 Å². The molecule has 0 aromatic rings. The Bertz CT molecular complexity index is 150. The largest absolute Gasteiger partial charge is 0.390 e. The van der Waals surface area contributed by atoms with Crippen LogP contribution in [0.1, 0.15) is 13.3 Å². The van der Waals surface area contributed by atoms with Gasteiger partial charge in [0.2, 0.25) is 0 Å². The van der Waals surface area contributed by atoms with Crippen LogP contribution in [0.2, 0.25) is 0 Å². The van der Waals surface area contributed by atoms with Gasteiger partial charge in [0.1, 0.15) is 6.10 Å². The summed E-state index contributed by atoms with van der Waals surface area (Å²) in [5, 5.41) is 25.2. The van der Waals surface area contributed by atoms with E-state index in [1.807, 2.05) is 0 Å². The van der Waals surface area contributed by atoms with Crippen molar-refractivity contribution in [2.45, 2.75) is 36.9 Å². The summed E-state index contributed by atoms with van der Waals surface area (Å²) in [7, 11) is 0. The predicted octanol–water partition coefficient (Wildman–Crippen LogP) is -0.598. The van der Waals surface area contributed by atoms with E-state index in [0.29, 0.717) is 0 Å². The van der Waals surface area contributed by atoms with Crippen LogP contribution in [0.15, 0.2) is 0 Å². The summed E-state index contributed by atoms with van der Waals surface area (Å²) < 4.78 is 4.77. The molecule has 1 aliphatic rings.